The molecule has 24 heavy (non-hydrogen) atoms. The van der Waals surface area contributed by atoms with Gasteiger partial charge < -0.3 is 9.84 Å². The van der Waals surface area contributed by atoms with Gasteiger partial charge in [-0.3, -0.25) is 4.79 Å². The van der Waals surface area contributed by atoms with Crippen molar-refractivity contribution in [3.05, 3.63) is 12.2 Å². The number of carbonyl (C=O) groups is 2. The van der Waals surface area contributed by atoms with Gasteiger partial charge in [0, 0.05) is 6.08 Å². The highest BCUT2D eigenvalue weighted by atomic mass is 16.5. The molecule has 0 aromatic rings. The zero-order chi connectivity index (χ0) is 18.0. The Morgan fingerprint density at radius 2 is 1.50 bits per heavy atom. The maximum absolute atomic E-state index is 11.8. The minimum atomic E-state index is -0.915. The van der Waals surface area contributed by atoms with Crippen molar-refractivity contribution in [3.8, 4) is 0 Å². The first-order valence-electron chi connectivity index (χ1n) is 9.69. The highest BCUT2D eigenvalue weighted by molar-refractivity contribution is 5.82. The minimum absolute atomic E-state index is 0.107. The molecule has 0 aliphatic rings. The first-order chi connectivity index (χ1) is 11.6. The van der Waals surface area contributed by atoms with Gasteiger partial charge >= 0.3 is 11.9 Å². The number of esters is 1. The molecule has 0 bridgehead atoms. The Bertz CT molecular complexity index is 350. The molecule has 0 spiro atoms. The average Bonchev–Trinajstić information content (AvgIpc) is 2.53. The first kappa shape index (κ1) is 22.7. The molecular weight excluding hydrogens is 304 g/mol. The van der Waals surface area contributed by atoms with E-state index >= 15 is 0 Å². The number of carbonyl (C=O) groups excluding carboxylic acids is 1. The lowest BCUT2D eigenvalue weighted by atomic mass is 10.1. The van der Waals surface area contributed by atoms with E-state index in [4.69, 9.17) is 9.84 Å². The Labute approximate surface area is 147 Å². The summed E-state index contributed by atoms with van der Waals surface area (Å²) in [6.45, 7) is 4.35. The predicted octanol–water partition coefficient (Wildman–Crippen LogP) is 5.65. The molecule has 4 nitrogen and oxygen atoms in total. The zero-order valence-electron chi connectivity index (χ0n) is 15.6. The molecule has 0 aliphatic heterocycles. The summed E-state index contributed by atoms with van der Waals surface area (Å²) >= 11 is 0. The highest BCUT2D eigenvalue weighted by Crippen LogP contribution is 2.13. The summed E-state index contributed by atoms with van der Waals surface area (Å²) in [4.78, 5) is 22.7. The maximum atomic E-state index is 11.8. The second kappa shape index (κ2) is 16.5. The van der Waals surface area contributed by atoms with Crippen molar-refractivity contribution in [2.24, 2.45) is 0 Å². The van der Waals surface area contributed by atoms with Crippen molar-refractivity contribution in [1.82, 2.24) is 0 Å². The van der Waals surface area contributed by atoms with E-state index in [1.807, 2.05) is 6.08 Å². The van der Waals surface area contributed by atoms with Gasteiger partial charge in [-0.2, -0.15) is 0 Å². The Balaban J connectivity index is 3.98. The third-order valence-corrected chi connectivity index (χ3v) is 4.04. The number of unbranched alkanes of at least 4 members (excludes halogenated alkanes) is 9. The summed E-state index contributed by atoms with van der Waals surface area (Å²) in [5, 5.41) is 8.95. The quantitative estimate of drug-likeness (QED) is 0.224. The van der Waals surface area contributed by atoms with Crippen molar-refractivity contribution in [2.45, 2.75) is 103 Å². The molecule has 0 aliphatic carbocycles. The van der Waals surface area contributed by atoms with Crippen molar-refractivity contribution >= 4 is 11.9 Å². The van der Waals surface area contributed by atoms with Gasteiger partial charge in [-0.15, -0.1) is 0 Å². The Hall–Kier alpha value is -1.32. The SMILES string of the molecule is CCCCCCC/C=C/C(=O)OC(CCCCCCC)CC(=O)O. The smallest absolute Gasteiger partial charge is 0.330 e. The van der Waals surface area contributed by atoms with Crippen LogP contribution in [0, 0.1) is 0 Å². The second-order valence-corrected chi connectivity index (χ2v) is 6.46. The van der Waals surface area contributed by atoms with Gasteiger partial charge in [0.1, 0.15) is 6.10 Å². The van der Waals surface area contributed by atoms with Crippen LogP contribution >= 0.6 is 0 Å². The minimum Gasteiger partial charge on any atom is -0.481 e. The Morgan fingerprint density at radius 3 is 2.08 bits per heavy atom. The lowest BCUT2D eigenvalue weighted by molar-refractivity contribution is -0.148. The lowest BCUT2D eigenvalue weighted by Gasteiger charge is -2.15. The normalized spacial score (nSPS) is 12.4. The van der Waals surface area contributed by atoms with Crippen LogP contribution in [0.3, 0.4) is 0 Å². The van der Waals surface area contributed by atoms with Crippen LogP contribution in [-0.4, -0.2) is 23.1 Å². The van der Waals surface area contributed by atoms with Crippen LogP contribution in [0.5, 0.6) is 0 Å². The fourth-order valence-corrected chi connectivity index (χ4v) is 2.62. The van der Waals surface area contributed by atoms with E-state index in [9.17, 15) is 9.59 Å². The van der Waals surface area contributed by atoms with Crippen LogP contribution in [0.4, 0.5) is 0 Å². The predicted molar refractivity (Wildman–Crippen MR) is 98.0 cm³/mol. The number of allylic oxidation sites excluding steroid dienone is 1. The van der Waals surface area contributed by atoms with Gasteiger partial charge in [-0.25, -0.2) is 4.79 Å². The molecule has 0 rings (SSSR count). The molecule has 140 valence electrons. The summed E-state index contributed by atoms with van der Waals surface area (Å²) in [7, 11) is 0. The van der Waals surface area contributed by atoms with Crippen LogP contribution < -0.4 is 0 Å². The monoisotopic (exact) mass is 340 g/mol. The molecule has 1 N–H and O–H groups in total. The van der Waals surface area contributed by atoms with E-state index in [0.717, 1.165) is 32.1 Å². The first-order valence-corrected chi connectivity index (χ1v) is 9.69. The van der Waals surface area contributed by atoms with Crippen LogP contribution in [-0.2, 0) is 14.3 Å². The maximum Gasteiger partial charge on any atom is 0.330 e. The lowest BCUT2D eigenvalue weighted by Crippen LogP contribution is -2.20. The van der Waals surface area contributed by atoms with Gasteiger partial charge in [0.15, 0.2) is 0 Å². The molecule has 0 aromatic carbocycles. The second-order valence-electron chi connectivity index (χ2n) is 6.46. The average molecular weight is 341 g/mol. The fraction of sp³-hybridized carbons (Fsp3) is 0.800. The molecule has 1 atom stereocenters. The van der Waals surface area contributed by atoms with Crippen molar-refractivity contribution in [1.29, 1.82) is 0 Å². The number of ether oxygens (including phenoxy) is 1. The van der Waals surface area contributed by atoms with Gasteiger partial charge in [-0.1, -0.05) is 71.3 Å². The molecular formula is C20H36O4. The van der Waals surface area contributed by atoms with E-state index in [0.29, 0.717) is 6.42 Å². The molecule has 4 heteroatoms. The van der Waals surface area contributed by atoms with Crippen LogP contribution in [0.1, 0.15) is 97.3 Å². The van der Waals surface area contributed by atoms with Crippen LogP contribution in [0.2, 0.25) is 0 Å². The van der Waals surface area contributed by atoms with Gasteiger partial charge in [0.05, 0.1) is 6.42 Å². The summed E-state index contributed by atoms with van der Waals surface area (Å²) in [5.41, 5.74) is 0. The van der Waals surface area contributed by atoms with Crippen molar-refractivity contribution < 1.29 is 19.4 Å². The van der Waals surface area contributed by atoms with Gasteiger partial charge in [0.2, 0.25) is 0 Å². The Morgan fingerprint density at radius 1 is 0.917 bits per heavy atom. The number of hydrogen-bond acceptors (Lipinski definition) is 3. The molecule has 0 amide bonds. The van der Waals surface area contributed by atoms with E-state index < -0.39 is 18.0 Å². The standard InChI is InChI=1S/C20H36O4/c1-3-5-7-9-10-12-14-16-20(23)24-18(17-19(21)22)15-13-11-8-6-4-2/h14,16,18H,3-13,15,17H2,1-2H3,(H,21,22)/b16-14+. The van der Waals surface area contributed by atoms with Crippen molar-refractivity contribution in [2.75, 3.05) is 0 Å². The topological polar surface area (TPSA) is 63.6 Å². The molecule has 0 saturated heterocycles. The molecule has 0 radical (unpaired) electrons. The van der Waals surface area contributed by atoms with E-state index in [1.165, 1.54) is 44.6 Å². The number of carboxylic acids is 1. The third kappa shape index (κ3) is 15.6. The highest BCUT2D eigenvalue weighted by Gasteiger charge is 2.16. The number of rotatable bonds is 16. The fourth-order valence-electron chi connectivity index (χ4n) is 2.62. The van der Waals surface area contributed by atoms with E-state index in [1.54, 1.807) is 0 Å². The van der Waals surface area contributed by atoms with E-state index in [-0.39, 0.29) is 6.42 Å². The van der Waals surface area contributed by atoms with Crippen LogP contribution in [0.15, 0.2) is 12.2 Å². The summed E-state index contributed by atoms with van der Waals surface area (Å²) in [6, 6.07) is 0. The molecule has 0 aromatic heterocycles. The van der Waals surface area contributed by atoms with Gasteiger partial charge in [0.25, 0.3) is 0 Å². The zero-order valence-corrected chi connectivity index (χ0v) is 15.6. The summed E-state index contributed by atoms with van der Waals surface area (Å²) in [5.74, 6) is -1.33. The molecule has 0 heterocycles. The summed E-state index contributed by atoms with van der Waals surface area (Å²) in [6.07, 6.45) is 15.7. The largest absolute Gasteiger partial charge is 0.481 e. The van der Waals surface area contributed by atoms with Crippen LogP contribution in [0.25, 0.3) is 0 Å². The Kier molecular flexibility index (Phi) is 15.6. The van der Waals surface area contributed by atoms with Crippen molar-refractivity contribution in [3.63, 3.8) is 0 Å². The molecule has 0 fully saturated rings. The summed E-state index contributed by atoms with van der Waals surface area (Å²) < 4.78 is 5.31. The van der Waals surface area contributed by atoms with E-state index in [2.05, 4.69) is 13.8 Å². The molecule has 0 saturated carbocycles. The third-order valence-electron chi connectivity index (χ3n) is 4.04. The number of aliphatic carboxylic acids is 1. The van der Waals surface area contributed by atoms with Gasteiger partial charge in [-0.05, 0) is 25.7 Å². The number of carboxylic acid groups (broad SMARTS) is 1. The number of hydrogen-bond donors (Lipinski definition) is 1. The molecule has 1 unspecified atom stereocenters.